The fourth-order valence-electron chi connectivity index (χ4n) is 2.93. The number of rotatable bonds is 0. The quantitative estimate of drug-likeness (QED) is 0.654. The van der Waals surface area contributed by atoms with E-state index in [0.29, 0.717) is 0 Å². The summed E-state index contributed by atoms with van der Waals surface area (Å²) in [6.45, 7) is 6.33. The fourth-order valence-corrected chi connectivity index (χ4v) is 2.93. The molecule has 2 nitrogen and oxygen atoms in total. The number of hydrogen-bond donors (Lipinski definition) is 0. The lowest BCUT2D eigenvalue weighted by molar-refractivity contribution is 0.479. The molecule has 106 valence electrons. The standard InChI is InChI=1S/C18H23NO/c1-18(2,3)19-17-15-12-8-7-11-14(15)16(20-17)13-9-5-4-6-10-13/h7-8,11-12H,4-6,9-10H2,1-3H3. The van der Waals surface area contributed by atoms with Gasteiger partial charge in [0.15, 0.2) is 0 Å². The molecule has 1 aromatic carbocycles. The van der Waals surface area contributed by atoms with E-state index in [1.165, 1.54) is 43.2 Å². The van der Waals surface area contributed by atoms with E-state index in [2.05, 4.69) is 45.0 Å². The molecule has 1 fully saturated rings. The Morgan fingerprint density at radius 2 is 1.60 bits per heavy atom. The highest BCUT2D eigenvalue weighted by Gasteiger charge is 2.28. The Labute approximate surface area is 121 Å². The molecule has 1 heterocycles. The van der Waals surface area contributed by atoms with Crippen molar-refractivity contribution in [3.63, 3.8) is 0 Å². The second kappa shape index (κ2) is 5.08. The summed E-state index contributed by atoms with van der Waals surface area (Å²) in [6, 6.07) is 8.44. The lowest BCUT2D eigenvalue weighted by Gasteiger charge is -2.17. The molecule has 0 aromatic heterocycles. The van der Waals surface area contributed by atoms with Crippen LogP contribution >= 0.6 is 0 Å². The second-order valence-corrected chi connectivity index (χ2v) is 6.73. The molecule has 1 aromatic rings. The molecule has 0 saturated heterocycles. The number of fused-ring (bicyclic) bond motifs is 1. The topological polar surface area (TPSA) is 21.6 Å². The van der Waals surface area contributed by atoms with Crippen LogP contribution in [0.3, 0.4) is 0 Å². The highest BCUT2D eigenvalue weighted by atomic mass is 16.5. The molecule has 0 bridgehead atoms. The van der Waals surface area contributed by atoms with E-state index in [9.17, 15) is 0 Å². The smallest absolute Gasteiger partial charge is 0.223 e. The van der Waals surface area contributed by atoms with Gasteiger partial charge in [0, 0.05) is 11.1 Å². The molecule has 1 aliphatic heterocycles. The molecule has 1 saturated carbocycles. The zero-order valence-corrected chi connectivity index (χ0v) is 12.7. The van der Waals surface area contributed by atoms with Gasteiger partial charge in [-0.25, -0.2) is 4.99 Å². The van der Waals surface area contributed by atoms with Crippen molar-refractivity contribution in [2.24, 2.45) is 4.99 Å². The van der Waals surface area contributed by atoms with E-state index in [0.717, 1.165) is 17.2 Å². The van der Waals surface area contributed by atoms with E-state index in [4.69, 9.17) is 9.73 Å². The van der Waals surface area contributed by atoms with Crippen LogP contribution < -0.4 is 0 Å². The molecule has 0 N–H and O–H groups in total. The van der Waals surface area contributed by atoms with Crippen LogP contribution in [-0.4, -0.2) is 11.4 Å². The largest absolute Gasteiger partial charge is 0.438 e. The van der Waals surface area contributed by atoms with Gasteiger partial charge in [-0.3, -0.25) is 0 Å². The van der Waals surface area contributed by atoms with Crippen molar-refractivity contribution in [1.29, 1.82) is 0 Å². The lowest BCUT2D eigenvalue weighted by Crippen LogP contribution is -2.14. The maximum atomic E-state index is 6.18. The molecule has 0 atom stereocenters. The molecule has 3 rings (SSSR count). The third-order valence-corrected chi connectivity index (χ3v) is 3.82. The maximum Gasteiger partial charge on any atom is 0.223 e. The molecule has 2 heteroatoms. The summed E-state index contributed by atoms with van der Waals surface area (Å²) in [5.74, 6) is 1.88. The summed E-state index contributed by atoms with van der Waals surface area (Å²) in [4.78, 5) is 4.76. The number of benzene rings is 1. The summed E-state index contributed by atoms with van der Waals surface area (Å²) >= 11 is 0. The molecular weight excluding hydrogens is 246 g/mol. The van der Waals surface area contributed by atoms with Crippen LogP contribution in [0.4, 0.5) is 0 Å². The minimum absolute atomic E-state index is 0.116. The van der Waals surface area contributed by atoms with E-state index in [-0.39, 0.29) is 5.54 Å². The van der Waals surface area contributed by atoms with E-state index in [1.54, 1.807) is 0 Å². The SMILES string of the molecule is CC(C)(C)N=C1OC(=C2CCCCC2)c2ccccc21. The molecule has 0 amide bonds. The van der Waals surface area contributed by atoms with Crippen LogP contribution in [0.5, 0.6) is 0 Å². The van der Waals surface area contributed by atoms with Crippen molar-refractivity contribution < 1.29 is 4.74 Å². The van der Waals surface area contributed by atoms with Crippen LogP contribution in [0.15, 0.2) is 34.8 Å². The first kappa shape index (κ1) is 13.4. The van der Waals surface area contributed by atoms with Gasteiger partial charge in [0.1, 0.15) is 5.76 Å². The highest BCUT2D eigenvalue weighted by molar-refractivity contribution is 6.06. The molecular formula is C18H23NO. The minimum Gasteiger partial charge on any atom is -0.438 e. The Morgan fingerprint density at radius 1 is 0.950 bits per heavy atom. The maximum absolute atomic E-state index is 6.18. The summed E-state index contributed by atoms with van der Waals surface area (Å²) in [5, 5.41) is 0. The second-order valence-electron chi connectivity index (χ2n) is 6.73. The molecule has 2 aliphatic rings. The number of allylic oxidation sites excluding steroid dienone is 1. The van der Waals surface area contributed by atoms with E-state index >= 15 is 0 Å². The number of aliphatic imine (C=N–C) groups is 1. The van der Waals surface area contributed by atoms with Crippen molar-refractivity contribution in [1.82, 2.24) is 0 Å². The Kier molecular flexibility index (Phi) is 3.41. The zero-order chi connectivity index (χ0) is 14.2. The first-order valence-electron chi connectivity index (χ1n) is 7.64. The number of hydrogen-bond acceptors (Lipinski definition) is 2. The Bertz CT molecular complexity index is 567. The van der Waals surface area contributed by atoms with Crippen molar-refractivity contribution in [2.45, 2.75) is 58.4 Å². The summed E-state index contributed by atoms with van der Waals surface area (Å²) in [6.07, 6.45) is 6.27. The normalized spacial score (nSPS) is 21.1. The van der Waals surface area contributed by atoms with Crippen molar-refractivity contribution in [3.8, 4) is 0 Å². The van der Waals surface area contributed by atoms with Crippen molar-refractivity contribution in [3.05, 3.63) is 41.0 Å². The van der Waals surface area contributed by atoms with E-state index in [1.807, 2.05) is 0 Å². The summed E-state index contributed by atoms with van der Waals surface area (Å²) < 4.78 is 6.18. The average Bonchev–Trinajstić information content (AvgIpc) is 2.77. The van der Waals surface area contributed by atoms with Gasteiger partial charge in [-0.15, -0.1) is 0 Å². The third-order valence-electron chi connectivity index (χ3n) is 3.82. The summed E-state index contributed by atoms with van der Waals surface area (Å²) in [7, 11) is 0. The van der Waals surface area contributed by atoms with Crippen molar-refractivity contribution in [2.75, 3.05) is 0 Å². The Balaban J connectivity index is 2.07. The molecule has 20 heavy (non-hydrogen) atoms. The van der Waals surface area contributed by atoms with Gasteiger partial charge in [0.05, 0.1) is 5.54 Å². The minimum atomic E-state index is -0.116. The Hall–Kier alpha value is -1.57. The van der Waals surface area contributed by atoms with Crippen LogP contribution in [0.25, 0.3) is 5.76 Å². The average molecular weight is 269 g/mol. The first-order chi connectivity index (χ1) is 9.54. The summed E-state index contributed by atoms with van der Waals surface area (Å²) in [5.41, 5.74) is 3.74. The van der Waals surface area contributed by atoms with Crippen molar-refractivity contribution >= 4 is 11.7 Å². The predicted octanol–water partition coefficient (Wildman–Crippen LogP) is 4.94. The van der Waals surface area contributed by atoms with Gasteiger partial charge < -0.3 is 4.74 Å². The Morgan fingerprint density at radius 3 is 2.25 bits per heavy atom. The molecule has 0 spiro atoms. The first-order valence-corrected chi connectivity index (χ1v) is 7.64. The fraction of sp³-hybridized carbons (Fsp3) is 0.500. The van der Waals surface area contributed by atoms with Gasteiger partial charge in [0.2, 0.25) is 5.90 Å². The third kappa shape index (κ3) is 2.65. The van der Waals surface area contributed by atoms with Gasteiger partial charge in [0.25, 0.3) is 0 Å². The molecule has 0 radical (unpaired) electrons. The van der Waals surface area contributed by atoms with Crippen LogP contribution in [-0.2, 0) is 4.74 Å². The molecule has 0 unspecified atom stereocenters. The number of nitrogens with zero attached hydrogens (tertiary/aromatic N) is 1. The van der Waals surface area contributed by atoms with Gasteiger partial charge >= 0.3 is 0 Å². The van der Waals surface area contributed by atoms with Crippen LogP contribution in [0.1, 0.15) is 64.0 Å². The lowest BCUT2D eigenvalue weighted by atomic mass is 9.92. The monoisotopic (exact) mass is 269 g/mol. The molecule has 1 aliphatic carbocycles. The van der Waals surface area contributed by atoms with Gasteiger partial charge in [-0.05, 0) is 58.1 Å². The van der Waals surface area contributed by atoms with E-state index < -0.39 is 0 Å². The van der Waals surface area contributed by atoms with Gasteiger partial charge in [-0.2, -0.15) is 0 Å². The highest BCUT2D eigenvalue weighted by Crippen LogP contribution is 2.38. The van der Waals surface area contributed by atoms with Crippen LogP contribution in [0.2, 0.25) is 0 Å². The van der Waals surface area contributed by atoms with Gasteiger partial charge in [-0.1, -0.05) is 24.6 Å². The van der Waals surface area contributed by atoms with Crippen LogP contribution in [0, 0.1) is 0 Å². The predicted molar refractivity (Wildman–Crippen MR) is 83.8 cm³/mol. The zero-order valence-electron chi connectivity index (χ0n) is 12.7. The number of ether oxygens (including phenoxy) is 1.